The molecule has 2 fully saturated rings. The largest absolute Gasteiger partial charge is 0.300 e. The summed E-state index contributed by atoms with van der Waals surface area (Å²) in [6.45, 7) is 2.28. The molecule has 0 aromatic heterocycles. The SMILES string of the molecule is [N-]=[N+]=NC1CCCCC1N1CCC(Cc2ccc(Cl)cc2)CC1. The summed E-state index contributed by atoms with van der Waals surface area (Å²) >= 11 is 5.96. The summed E-state index contributed by atoms with van der Waals surface area (Å²) in [6.07, 6.45) is 8.34. The summed E-state index contributed by atoms with van der Waals surface area (Å²) in [4.78, 5) is 5.65. The fourth-order valence-corrected chi connectivity index (χ4v) is 4.29. The van der Waals surface area contributed by atoms with Gasteiger partial charge in [0.25, 0.3) is 0 Å². The van der Waals surface area contributed by atoms with E-state index in [0.29, 0.717) is 6.04 Å². The van der Waals surface area contributed by atoms with Gasteiger partial charge in [-0.15, -0.1) is 0 Å². The van der Waals surface area contributed by atoms with Crippen LogP contribution in [-0.2, 0) is 6.42 Å². The number of nitrogens with zero attached hydrogens (tertiary/aromatic N) is 4. The van der Waals surface area contributed by atoms with Crippen molar-refractivity contribution in [2.45, 2.75) is 57.0 Å². The fourth-order valence-electron chi connectivity index (χ4n) is 4.16. The van der Waals surface area contributed by atoms with Gasteiger partial charge >= 0.3 is 0 Å². The second kappa shape index (κ2) is 8.05. The van der Waals surface area contributed by atoms with Crippen LogP contribution in [0.5, 0.6) is 0 Å². The summed E-state index contributed by atoms with van der Waals surface area (Å²) < 4.78 is 0. The van der Waals surface area contributed by atoms with Crippen LogP contribution < -0.4 is 0 Å². The Balaban J connectivity index is 1.53. The summed E-state index contributed by atoms with van der Waals surface area (Å²) in [7, 11) is 0. The van der Waals surface area contributed by atoms with Gasteiger partial charge in [0.2, 0.25) is 0 Å². The molecule has 0 N–H and O–H groups in total. The molecule has 1 aromatic carbocycles. The summed E-state index contributed by atoms with van der Waals surface area (Å²) in [6, 6.07) is 8.91. The van der Waals surface area contributed by atoms with Crippen LogP contribution in [0.4, 0.5) is 0 Å². The number of rotatable bonds is 4. The van der Waals surface area contributed by atoms with Gasteiger partial charge in [-0.25, -0.2) is 0 Å². The third-order valence-corrected chi connectivity index (χ3v) is 5.70. The van der Waals surface area contributed by atoms with Crippen molar-refractivity contribution in [1.82, 2.24) is 4.90 Å². The lowest BCUT2D eigenvalue weighted by atomic mass is 9.85. The average Bonchev–Trinajstić information content (AvgIpc) is 2.59. The van der Waals surface area contributed by atoms with E-state index in [1.165, 1.54) is 37.7 Å². The molecule has 0 amide bonds. The standard InChI is InChI=1S/C18H25ClN4/c19-16-7-5-14(6-8-16)13-15-9-11-23(12-10-15)18-4-2-1-3-17(18)21-22-20/h5-8,15,17-18H,1-4,9-13H2. The van der Waals surface area contributed by atoms with Crippen molar-refractivity contribution in [3.63, 3.8) is 0 Å². The second-order valence-electron chi connectivity index (χ2n) is 6.93. The first-order valence-electron chi connectivity index (χ1n) is 8.79. The predicted molar refractivity (Wildman–Crippen MR) is 94.6 cm³/mol. The van der Waals surface area contributed by atoms with Crippen LogP contribution in [0.25, 0.3) is 10.4 Å². The first kappa shape index (κ1) is 16.6. The minimum Gasteiger partial charge on any atom is -0.300 e. The number of likely N-dealkylation sites (tertiary alicyclic amines) is 1. The van der Waals surface area contributed by atoms with E-state index in [0.717, 1.165) is 36.9 Å². The van der Waals surface area contributed by atoms with Crippen LogP contribution in [0.2, 0.25) is 5.02 Å². The third-order valence-electron chi connectivity index (χ3n) is 5.45. The molecule has 2 unspecified atom stereocenters. The number of hydrogen-bond donors (Lipinski definition) is 0. The Labute approximate surface area is 143 Å². The number of hydrogen-bond acceptors (Lipinski definition) is 2. The van der Waals surface area contributed by atoms with E-state index >= 15 is 0 Å². The highest BCUT2D eigenvalue weighted by molar-refractivity contribution is 6.30. The van der Waals surface area contributed by atoms with E-state index in [2.05, 4.69) is 27.1 Å². The predicted octanol–water partition coefficient (Wildman–Crippen LogP) is 5.22. The summed E-state index contributed by atoms with van der Waals surface area (Å²) in [5.41, 5.74) is 10.2. The molecule has 1 saturated carbocycles. The van der Waals surface area contributed by atoms with Crippen LogP contribution in [0, 0.1) is 5.92 Å². The lowest BCUT2D eigenvalue weighted by Crippen LogP contribution is -2.48. The van der Waals surface area contributed by atoms with Crippen LogP contribution in [-0.4, -0.2) is 30.1 Å². The molecule has 0 radical (unpaired) electrons. The van der Waals surface area contributed by atoms with Crippen LogP contribution in [0.1, 0.15) is 44.1 Å². The highest BCUT2D eigenvalue weighted by atomic mass is 35.5. The lowest BCUT2D eigenvalue weighted by molar-refractivity contribution is 0.0938. The first-order chi connectivity index (χ1) is 11.3. The van der Waals surface area contributed by atoms with Crippen molar-refractivity contribution in [2.75, 3.05) is 13.1 Å². The smallest absolute Gasteiger partial charge is 0.0529 e. The van der Waals surface area contributed by atoms with E-state index in [1.54, 1.807) is 0 Å². The Morgan fingerprint density at radius 1 is 1.09 bits per heavy atom. The Hall–Kier alpha value is -1.22. The van der Waals surface area contributed by atoms with Crippen molar-refractivity contribution in [1.29, 1.82) is 0 Å². The molecule has 2 atom stereocenters. The van der Waals surface area contributed by atoms with Gasteiger partial charge in [-0.2, -0.15) is 0 Å². The molecule has 2 aliphatic rings. The third kappa shape index (κ3) is 4.41. The van der Waals surface area contributed by atoms with Crippen LogP contribution >= 0.6 is 11.6 Å². The maximum Gasteiger partial charge on any atom is 0.0529 e. The van der Waals surface area contributed by atoms with Gasteiger partial charge in [-0.05, 0) is 74.3 Å². The Morgan fingerprint density at radius 3 is 2.48 bits per heavy atom. The minimum atomic E-state index is 0.182. The number of benzene rings is 1. The molecule has 4 nitrogen and oxygen atoms in total. The van der Waals surface area contributed by atoms with Gasteiger partial charge in [0.1, 0.15) is 0 Å². The van der Waals surface area contributed by atoms with Crippen molar-refractivity contribution in [3.05, 3.63) is 45.3 Å². The highest BCUT2D eigenvalue weighted by Crippen LogP contribution is 2.30. The zero-order valence-corrected chi connectivity index (χ0v) is 14.3. The molecule has 5 heteroatoms. The van der Waals surface area contributed by atoms with Gasteiger partial charge < -0.3 is 0 Å². The molecule has 0 bridgehead atoms. The average molecular weight is 333 g/mol. The molecule has 1 aromatic rings. The van der Waals surface area contributed by atoms with E-state index in [-0.39, 0.29) is 6.04 Å². The highest BCUT2D eigenvalue weighted by Gasteiger charge is 2.31. The fraction of sp³-hybridized carbons (Fsp3) is 0.667. The number of azide groups is 1. The molecular formula is C18H25ClN4. The van der Waals surface area contributed by atoms with Crippen LogP contribution in [0.3, 0.4) is 0 Å². The van der Waals surface area contributed by atoms with E-state index < -0.39 is 0 Å². The Bertz CT molecular complexity index is 545. The molecule has 1 heterocycles. The van der Waals surface area contributed by atoms with Crippen molar-refractivity contribution < 1.29 is 0 Å². The number of halogens is 1. The van der Waals surface area contributed by atoms with Crippen LogP contribution in [0.15, 0.2) is 29.4 Å². The van der Waals surface area contributed by atoms with Gasteiger partial charge in [-0.1, -0.05) is 41.7 Å². The topological polar surface area (TPSA) is 52.0 Å². The van der Waals surface area contributed by atoms with Gasteiger partial charge in [0, 0.05) is 16.0 Å². The zero-order chi connectivity index (χ0) is 16.1. The van der Waals surface area contributed by atoms with Crippen molar-refractivity contribution in [2.24, 2.45) is 11.0 Å². The molecule has 3 rings (SSSR count). The lowest BCUT2D eigenvalue weighted by Gasteiger charge is -2.42. The molecule has 1 saturated heterocycles. The minimum absolute atomic E-state index is 0.182. The maximum atomic E-state index is 8.79. The van der Waals surface area contributed by atoms with E-state index in [4.69, 9.17) is 17.1 Å². The summed E-state index contributed by atoms with van der Waals surface area (Å²) in [5, 5.41) is 4.87. The first-order valence-corrected chi connectivity index (χ1v) is 9.17. The van der Waals surface area contributed by atoms with E-state index in [1.807, 2.05) is 12.1 Å². The molecule has 23 heavy (non-hydrogen) atoms. The van der Waals surface area contributed by atoms with Gasteiger partial charge in [0.05, 0.1) is 6.04 Å². The van der Waals surface area contributed by atoms with Gasteiger partial charge in [-0.3, -0.25) is 4.90 Å². The van der Waals surface area contributed by atoms with Crippen molar-refractivity contribution in [3.8, 4) is 0 Å². The molecule has 0 spiro atoms. The maximum absolute atomic E-state index is 8.79. The molecule has 1 aliphatic carbocycles. The Morgan fingerprint density at radius 2 is 1.78 bits per heavy atom. The van der Waals surface area contributed by atoms with Crippen molar-refractivity contribution >= 4 is 11.6 Å². The molecule has 1 aliphatic heterocycles. The second-order valence-corrected chi connectivity index (χ2v) is 7.37. The van der Waals surface area contributed by atoms with E-state index in [9.17, 15) is 0 Å². The Kier molecular flexibility index (Phi) is 5.82. The molecular weight excluding hydrogens is 308 g/mol. The summed E-state index contributed by atoms with van der Waals surface area (Å²) in [5.74, 6) is 0.758. The monoisotopic (exact) mass is 332 g/mol. The zero-order valence-electron chi connectivity index (χ0n) is 13.6. The molecule has 124 valence electrons. The quantitative estimate of drug-likeness (QED) is 0.424. The number of piperidine rings is 1. The van der Waals surface area contributed by atoms with Gasteiger partial charge in [0.15, 0.2) is 0 Å². The normalized spacial score (nSPS) is 26.7.